The molecule has 0 heterocycles. The van der Waals surface area contributed by atoms with E-state index in [1.807, 2.05) is 0 Å². The van der Waals surface area contributed by atoms with Gasteiger partial charge in [0.2, 0.25) is 0 Å². The van der Waals surface area contributed by atoms with Crippen LogP contribution in [0.4, 0.5) is 4.39 Å². The van der Waals surface area contributed by atoms with Gasteiger partial charge < -0.3 is 5.11 Å². The molecule has 2 bridgehead atoms. The molecule has 2 aliphatic carbocycles. The van der Waals surface area contributed by atoms with Crippen LogP contribution in [0.1, 0.15) is 32.1 Å². The maximum absolute atomic E-state index is 13.2. The van der Waals surface area contributed by atoms with E-state index in [2.05, 4.69) is 6.08 Å². The van der Waals surface area contributed by atoms with Crippen LogP contribution in [0.2, 0.25) is 0 Å². The van der Waals surface area contributed by atoms with Gasteiger partial charge in [0, 0.05) is 5.41 Å². The highest BCUT2D eigenvalue weighted by Crippen LogP contribution is 2.44. The largest absolute Gasteiger partial charge is 0.395 e. The Morgan fingerprint density at radius 1 is 1.67 bits per heavy atom. The van der Waals surface area contributed by atoms with Crippen molar-refractivity contribution in [2.45, 2.75) is 38.3 Å². The maximum atomic E-state index is 13.2. The monoisotopic (exact) mass is 170 g/mol. The lowest BCUT2D eigenvalue weighted by atomic mass is 9.68. The zero-order valence-electron chi connectivity index (χ0n) is 7.22. The Morgan fingerprint density at radius 3 is 3.25 bits per heavy atom. The second-order valence-electron chi connectivity index (χ2n) is 4.18. The van der Waals surface area contributed by atoms with E-state index in [0.29, 0.717) is 12.8 Å². The van der Waals surface area contributed by atoms with Gasteiger partial charge in [-0.1, -0.05) is 11.6 Å². The van der Waals surface area contributed by atoms with E-state index in [4.69, 9.17) is 0 Å². The number of halogens is 1. The zero-order chi connectivity index (χ0) is 8.60. The molecule has 0 aromatic heterocycles. The maximum Gasteiger partial charge on any atom is 0.105 e. The van der Waals surface area contributed by atoms with Crippen LogP contribution in [-0.4, -0.2) is 17.9 Å². The molecule has 0 radical (unpaired) electrons. The number of hydrogen-bond donors (Lipinski definition) is 1. The molecule has 1 N–H and O–H groups in total. The van der Waals surface area contributed by atoms with Crippen molar-refractivity contribution in [3.05, 3.63) is 11.6 Å². The van der Waals surface area contributed by atoms with E-state index in [-0.39, 0.29) is 12.0 Å². The number of alkyl halides is 1. The van der Waals surface area contributed by atoms with E-state index in [1.54, 1.807) is 0 Å². The predicted octanol–water partition coefficient (Wildman–Crippen LogP) is 2.21. The first-order chi connectivity index (χ1) is 5.74. The molecule has 68 valence electrons. The average molecular weight is 170 g/mol. The summed E-state index contributed by atoms with van der Waals surface area (Å²) in [5.74, 6) is 0. The molecule has 2 atom stereocenters. The third kappa shape index (κ3) is 1.28. The molecular formula is C10H15FO. The van der Waals surface area contributed by atoms with Gasteiger partial charge in [0.25, 0.3) is 0 Å². The van der Waals surface area contributed by atoms with E-state index in [0.717, 1.165) is 19.3 Å². The van der Waals surface area contributed by atoms with E-state index in [1.165, 1.54) is 5.57 Å². The molecule has 0 spiro atoms. The minimum atomic E-state index is -0.711. The predicted molar refractivity (Wildman–Crippen MR) is 45.6 cm³/mol. The normalized spacial score (nSPS) is 40.8. The second-order valence-corrected chi connectivity index (χ2v) is 4.18. The van der Waals surface area contributed by atoms with E-state index >= 15 is 0 Å². The molecule has 2 rings (SSSR count). The Balaban J connectivity index is 2.25. The summed E-state index contributed by atoms with van der Waals surface area (Å²) in [6.45, 7) is 0.122. The van der Waals surface area contributed by atoms with Crippen LogP contribution in [0.15, 0.2) is 11.6 Å². The molecular weight excluding hydrogens is 155 g/mol. The van der Waals surface area contributed by atoms with Crippen molar-refractivity contribution >= 4 is 0 Å². The Kier molecular flexibility index (Phi) is 1.95. The van der Waals surface area contributed by atoms with E-state index < -0.39 is 6.17 Å². The van der Waals surface area contributed by atoms with Crippen LogP contribution in [0, 0.1) is 5.41 Å². The topological polar surface area (TPSA) is 20.2 Å². The van der Waals surface area contributed by atoms with Gasteiger partial charge in [-0.15, -0.1) is 0 Å². The number of aliphatic hydroxyl groups excluding tert-OH is 1. The van der Waals surface area contributed by atoms with Crippen molar-refractivity contribution < 1.29 is 9.50 Å². The van der Waals surface area contributed by atoms with E-state index in [9.17, 15) is 9.50 Å². The quantitative estimate of drug-likeness (QED) is 0.598. The highest BCUT2D eigenvalue weighted by Gasteiger charge is 2.37. The zero-order valence-corrected chi connectivity index (χ0v) is 7.22. The van der Waals surface area contributed by atoms with Crippen molar-refractivity contribution in [1.29, 1.82) is 0 Å². The summed E-state index contributed by atoms with van der Waals surface area (Å²) in [6.07, 6.45) is 5.70. The number of rotatable bonds is 1. The number of hydrogen-bond acceptors (Lipinski definition) is 1. The lowest BCUT2D eigenvalue weighted by molar-refractivity contribution is 0.0931. The summed E-state index contributed by atoms with van der Waals surface area (Å²) < 4.78 is 13.2. The summed E-state index contributed by atoms with van der Waals surface area (Å²) in [5.41, 5.74) is 1.04. The molecule has 0 aromatic rings. The van der Waals surface area contributed by atoms with Crippen LogP contribution in [0.3, 0.4) is 0 Å². The molecule has 0 fully saturated rings. The molecule has 2 heteroatoms. The van der Waals surface area contributed by atoms with Crippen LogP contribution in [0.25, 0.3) is 0 Å². The van der Waals surface area contributed by atoms with Crippen molar-refractivity contribution in [3.63, 3.8) is 0 Å². The first-order valence-corrected chi connectivity index (χ1v) is 4.70. The number of fused-ring (bicyclic) bond motifs is 1. The highest BCUT2D eigenvalue weighted by molar-refractivity contribution is 5.19. The molecule has 0 aliphatic heterocycles. The van der Waals surface area contributed by atoms with Crippen LogP contribution < -0.4 is 0 Å². The van der Waals surface area contributed by atoms with Gasteiger partial charge in [0.05, 0.1) is 6.61 Å². The molecule has 12 heavy (non-hydrogen) atoms. The summed E-state index contributed by atoms with van der Waals surface area (Å²) in [7, 11) is 0. The van der Waals surface area contributed by atoms with Crippen molar-refractivity contribution in [3.8, 4) is 0 Å². The minimum absolute atomic E-state index is 0.122. The third-order valence-corrected chi connectivity index (χ3v) is 3.11. The molecule has 2 aliphatic rings. The summed E-state index contributed by atoms with van der Waals surface area (Å²) >= 11 is 0. The smallest absolute Gasteiger partial charge is 0.105 e. The van der Waals surface area contributed by atoms with Crippen molar-refractivity contribution in [1.82, 2.24) is 0 Å². The first kappa shape index (κ1) is 8.24. The Bertz CT molecular complexity index is 212. The number of aliphatic hydroxyl groups is 1. The summed E-state index contributed by atoms with van der Waals surface area (Å²) in [4.78, 5) is 0. The van der Waals surface area contributed by atoms with Gasteiger partial charge in [-0.05, 0) is 32.1 Å². The Hall–Kier alpha value is -0.370. The van der Waals surface area contributed by atoms with Crippen molar-refractivity contribution in [2.75, 3.05) is 6.61 Å². The number of allylic oxidation sites excluding steroid dienone is 1. The average Bonchev–Trinajstić information content (AvgIpc) is 2.03. The van der Waals surface area contributed by atoms with Gasteiger partial charge in [0.1, 0.15) is 6.17 Å². The fourth-order valence-electron chi connectivity index (χ4n) is 2.55. The van der Waals surface area contributed by atoms with Crippen molar-refractivity contribution in [2.24, 2.45) is 5.41 Å². The van der Waals surface area contributed by atoms with Crippen LogP contribution >= 0.6 is 0 Å². The van der Waals surface area contributed by atoms with Gasteiger partial charge in [0.15, 0.2) is 0 Å². The summed E-state index contributed by atoms with van der Waals surface area (Å²) in [6, 6.07) is 0. The van der Waals surface area contributed by atoms with Gasteiger partial charge in [-0.25, -0.2) is 4.39 Å². The van der Waals surface area contributed by atoms with Crippen LogP contribution in [0.5, 0.6) is 0 Å². The molecule has 0 saturated carbocycles. The lowest BCUT2D eigenvalue weighted by Crippen LogP contribution is -2.33. The highest BCUT2D eigenvalue weighted by atomic mass is 19.1. The van der Waals surface area contributed by atoms with Crippen LogP contribution in [-0.2, 0) is 0 Å². The first-order valence-electron chi connectivity index (χ1n) is 4.70. The lowest BCUT2D eigenvalue weighted by Gasteiger charge is -2.39. The fourth-order valence-corrected chi connectivity index (χ4v) is 2.55. The van der Waals surface area contributed by atoms with Gasteiger partial charge in [-0.3, -0.25) is 0 Å². The molecule has 0 amide bonds. The second kappa shape index (κ2) is 2.84. The third-order valence-electron chi connectivity index (χ3n) is 3.11. The standard InChI is InChI=1S/C10H15FO/c11-9-4-8-2-1-3-10(5-8,6-9)7-12/h5,9,12H,1-4,6-7H2/t9-,10?/m0/s1. The van der Waals surface area contributed by atoms with Gasteiger partial charge in [-0.2, -0.15) is 0 Å². The molecule has 1 unspecified atom stereocenters. The Labute approximate surface area is 72.3 Å². The fraction of sp³-hybridized carbons (Fsp3) is 0.800. The minimum Gasteiger partial charge on any atom is -0.395 e. The molecule has 0 aromatic carbocycles. The SMILES string of the molecule is OCC12C=C(CCC1)C[C@H](F)C2. The molecule has 0 saturated heterocycles. The molecule has 1 nitrogen and oxygen atoms in total. The van der Waals surface area contributed by atoms with Gasteiger partial charge >= 0.3 is 0 Å². The summed E-state index contributed by atoms with van der Waals surface area (Å²) in [5, 5.41) is 9.20. The Morgan fingerprint density at radius 2 is 2.50 bits per heavy atom.